The summed E-state index contributed by atoms with van der Waals surface area (Å²) in [6, 6.07) is 1.56. The third-order valence-corrected chi connectivity index (χ3v) is 1.57. The summed E-state index contributed by atoms with van der Waals surface area (Å²) >= 11 is 0. The Morgan fingerprint density at radius 3 is 2.67 bits per heavy atom. The van der Waals surface area contributed by atoms with E-state index >= 15 is 0 Å². The lowest BCUT2D eigenvalue weighted by Gasteiger charge is -2.07. The van der Waals surface area contributed by atoms with Crippen LogP contribution in [0.15, 0.2) is 6.07 Å². The highest BCUT2D eigenvalue weighted by Gasteiger charge is 2.04. The molecule has 1 rings (SSSR count). The van der Waals surface area contributed by atoms with E-state index in [1.165, 1.54) is 0 Å². The van der Waals surface area contributed by atoms with Crippen molar-refractivity contribution >= 4 is 5.82 Å². The van der Waals surface area contributed by atoms with Gasteiger partial charge in [-0.15, -0.1) is 4.73 Å². The van der Waals surface area contributed by atoms with Crippen LogP contribution in [0, 0.1) is 5.41 Å². The predicted octanol–water partition coefficient (Wildman–Crippen LogP) is 0.305. The molecule has 0 aliphatic rings. The lowest BCUT2D eigenvalue weighted by Crippen LogP contribution is -2.25. The minimum atomic E-state index is -0.237. The van der Waals surface area contributed by atoms with Crippen molar-refractivity contribution in [2.24, 2.45) is 0 Å². The number of hydrogen-bond donors (Lipinski definition) is 3. The Bertz CT molecular complexity index is 342. The number of nitrogens with zero attached hydrogens (tertiary/aromatic N) is 2. The van der Waals surface area contributed by atoms with Crippen LogP contribution in [-0.4, -0.2) is 14.9 Å². The Kier molecular flexibility index (Phi) is 2.03. The second-order valence-corrected chi connectivity index (χ2v) is 2.90. The fraction of sp³-hybridized carbons (Fsp3) is 0.429. The number of nitrogens with two attached hydrogens (primary N) is 1. The lowest BCUT2D eigenvalue weighted by atomic mass is 10.1. The molecule has 0 aliphatic heterocycles. The number of rotatable bonds is 1. The first-order valence-electron chi connectivity index (χ1n) is 3.65. The molecular formula is C7H12N4O. The average molecular weight is 168 g/mol. The first kappa shape index (κ1) is 8.58. The van der Waals surface area contributed by atoms with Crippen LogP contribution in [0.1, 0.15) is 25.5 Å². The lowest BCUT2D eigenvalue weighted by molar-refractivity contribution is 0.171. The van der Waals surface area contributed by atoms with Crippen molar-refractivity contribution < 1.29 is 5.21 Å². The molecule has 1 heterocycles. The largest absolute Gasteiger partial charge is 0.423 e. The monoisotopic (exact) mass is 168 g/mol. The molecule has 1 aromatic rings. The molecule has 4 N–H and O–H groups in total. The highest BCUT2D eigenvalue weighted by molar-refractivity contribution is 5.29. The molecule has 1 aromatic heterocycles. The van der Waals surface area contributed by atoms with Crippen molar-refractivity contribution in [3.63, 3.8) is 0 Å². The van der Waals surface area contributed by atoms with Crippen molar-refractivity contribution in [2.45, 2.75) is 19.8 Å². The maximum Gasteiger partial charge on any atom is 0.257 e. The van der Waals surface area contributed by atoms with Crippen molar-refractivity contribution in [2.75, 3.05) is 5.73 Å². The zero-order valence-corrected chi connectivity index (χ0v) is 7.07. The Hall–Kier alpha value is -1.52. The molecule has 0 atom stereocenters. The molecule has 0 aliphatic carbocycles. The Balaban J connectivity index is 3.31. The van der Waals surface area contributed by atoms with Gasteiger partial charge in [-0.1, -0.05) is 13.8 Å². The highest BCUT2D eigenvalue weighted by atomic mass is 16.5. The summed E-state index contributed by atoms with van der Waals surface area (Å²) in [7, 11) is 0. The third kappa shape index (κ3) is 1.39. The number of nitrogen functional groups attached to an aromatic ring is 1. The summed E-state index contributed by atoms with van der Waals surface area (Å²) in [5.74, 6) is 0.344. The van der Waals surface area contributed by atoms with E-state index in [0.29, 0.717) is 10.4 Å². The molecule has 5 heteroatoms. The second-order valence-electron chi connectivity index (χ2n) is 2.90. The first-order chi connectivity index (χ1) is 5.52. The maximum atomic E-state index is 9.05. The molecule has 66 valence electrons. The van der Waals surface area contributed by atoms with Crippen molar-refractivity contribution in [1.82, 2.24) is 9.71 Å². The molecule has 5 nitrogen and oxygen atoms in total. The number of anilines is 1. The van der Waals surface area contributed by atoms with Crippen molar-refractivity contribution in [3.05, 3.63) is 17.4 Å². The van der Waals surface area contributed by atoms with E-state index in [1.807, 2.05) is 13.8 Å². The quantitative estimate of drug-likeness (QED) is 0.527. The van der Waals surface area contributed by atoms with E-state index in [-0.39, 0.29) is 17.4 Å². The zero-order valence-electron chi connectivity index (χ0n) is 7.07. The van der Waals surface area contributed by atoms with Gasteiger partial charge in [0, 0.05) is 6.07 Å². The molecular weight excluding hydrogens is 156 g/mol. The van der Waals surface area contributed by atoms with Gasteiger partial charge >= 0.3 is 0 Å². The van der Waals surface area contributed by atoms with Crippen LogP contribution in [0.3, 0.4) is 0 Å². The van der Waals surface area contributed by atoms with Crippen LogP contribution in [-0.2, 0) is 0 Å². The van der Waals surface area contributed by atoms with Gasteiger partial charge in [0.05, 0.1) is 5.69 Å². The SMILES string of the molecule is CC(C)c1cc(N)n(O)c(=N)n1. The van der Waals surface area contributed by atoms with Gasteiger partial charge in [0.1, 0.15) is 5.82 Å². The normalized spacial score (nSPS) is 10.6. The van der Waals surface area contributed by atoms with Gasteiger partial charge in [0.2, 0.25) is 0 Å². The Morgan fingerprint density at radius 2 is 2.25 bits per heavy atom. The molecule has 0 spiro atoms. The van der Waals surface area contributed by atoms with E-state index < -0.39 is 0 Å². The molecule has 0 aromatic carbocycles. The van der Waals surface area contributed by atoms with Crippen LogP contribution in [0.25, 0.3) is 0 Å². The van der Waals surface area contributed by atoms with Crippen LogP contribution in [0.4, 0.5) is 5.82 Å². The molecule has 0 fully saturated rings. The number of aromatic nitrogens is 2. The summed E-state index contributed by atoms with van der Waals surface area (Å²) < 4.78 is 0.547. The second kappa shape index (κ2) is 2.84. The molecule has 0 radical (unpaired) electrons. The zero-order chi connectivity index (χ0) is 9.30. The molecule has 0 saturated carbocycles. The van der Waals surface area contributed by atoms with Crippen LogP contribution >= 0.6 is 0 Å². The fourth-order valence-electron chi connectivity index (χ4n) is 0.833. The number of nitrogens with one attached hydrogen (secondary N) is 1. The molecule has 0 saturated heterocycles. The van der Waals surface area contributed by atoms with E-state index in [2.05, 4.69) is 4.98 Å². The Labute approximate surface area is 69.9 Å². The predicted molar refractivity (Wildman–Crippen MR) is 43.8 cm³/mol. The minimum Gasteiger partial charge on any atom is -0.423 e. The smallest absolute Gasteiger partial charge is 0.257 e. The summed E-state index contributed by atoms with van der Waals surface area (Å²) in [5, 5.41) is 16.3. The van der Waals surface area contributed by atoms with Crippen LogP contribution < -0.4 is 11.4 Å². The Morgan fingerprint density at radius 1 is 1.67 bits per heavy atom. The van der Waals surface area contributed by atoms with Crippen molar-refractivity contribution in [1.29, 1.82) is 5.41 Å². The van der Waals surface area contributed by atoms with Gasteiger partial charge in [-0.3, -0.25) is 5.41 Å². The van der Waals surface area contributed by atoms with Gasteiger partial charge in [0.15, 0.2) is 0 Å². The van der Waals surface area contributed by atoms with E-state index in [0.717, 1.165) is 0 Å². The summed E-state index contributed by atoms with van der Waals surface area (Å²) in [5.41, 5.74) is 5.89. The molecule has 0 bridgehead atoms. The number of hydrogen-bond acceptors (Lipinski definition) is 4. The average Bonchev–Trinajstić information content (AvgIpc) is 1.99. The van der Waals surface area contributed by atoms with Gasteiger partial charge in [0.25, 0.3) is 5.62 Å². The summed E-state index contributed by atoms with van der Waals surface area (Å²) in [6.07, 6.45) is 0. The molecule has 0 unspecified atom stereocenters. The highest BCUT2D eigenvalue weighted by Crippen LogP contribution is 2.10. The summed E-state index contributed by atoms with van der Waals surface area (Å²) in [4.78, 5) is 3.83. The van der Waals surface area contributed by atoms with E-state index in [1.54, 1.807) is 6.07 Å². The summed E-state index contributed by atoms with van der Waals surface area (Å²) in [6.45, 7) is 3.89. The van der Waals surface area contributed by atoms with E-state index in [9.17, 15) is 0 Å². The third-order valence-electron chi connectivity index (χ3n) is 1.57. The first-order valence-corrected chi connectivity index (χ1v) is 3.65. The van der Waals surface area contributed by atoms with Gasteiger partial charge in [-0.2, -0.15) is 0 Å². The van der Waals surface area contributed by atoms with Gasteiger partial charge in [-0.25, -0.2) is 4.98 Å². The van der Waals surface area contributed by atoms with Crippen LogP contribution in [0.2, 0.25) is 0 Å². The van der Waals surface area contributed by atoms with E-state index in [4.69, 9.17) is 16.4 Å². The molecule has 12 heavy (non-hydrogen) atoms. The standard InChI is InChI=1S/C7H12N4O/c1-4(2)5-3-6(8)11(12)7(9)10-5/h3-4,9,12H,8H2,1-2H3. The minimum absolute atomic E-state index is 0.138. The van der Waals surface area contributed by atoms with Crippen LogP contribution in [0.5, 0.6) is 0 Å². The van der Waals surface area contributed by atoms with Gasteiger partial charge in [-0.05, 0) is 5.92 Å². The molecule has 0 amide bonds. The topological polar surface area (TPSA) is 87.9 Å². The maximum absolute atomic E-state index is 9.05. The van der Waals surface area contributed by atoms with Crippen molar-refractivity contribution in [3.8, 4) is 0 Å². The van der Waals surface area contributed by atoms with Gasteiger partial charge < -0.3 is 10.9 Å². The fourth-order valence-corrected chi connectivity index (χ4v) is 0.833.